The number of hydrogen-bond donors (Lipinski definition) is 1. The summed E-state index contributed by atoms with van der Waals surface area (Å²) in [6.45, 7) is 9.41. The van der Waals surface area contributed by atoms with E-state index in [2.05, 4.69) is 0 Å². The monoisotopic (exact) mass is 346 g/mol. The number of aliphatic hydroxyl groups excluding tert-OH is 1. The van der Waals surface area contributed by atoms with Crippen molar-refractivity contribution in [3.05, 3.63) is 34.8 Å². The van der Waals surface area contributed by atoms with Gasteiger partial charge < -0.3 is 14.3 Å². The Morgan fingerprint density at radius 3 is 2.72 bits per heavy atom. The fraction of sp³-hybridized carbons (Fsp3) is 0.600. The number of aryl methyl sites for hydroxylation is 1. The fourth-order valence-corrected chi connectivity index (χ4v) is 4.48. The smallest absolute Gasteiger partial charge is 0.331 e. The standard InChI is InChI=1S/C20H26O5/c1-10(2)8-15(22)25-19-16-11(3)9-24-18(16)17(23)13-6-7-14(21)12(4)20(13,19)5/h8-9,12-14,19,21H,6-7H2,1-5H3. The summed E-state index contributed by atoms with van der Waals surface area (Å²) in [5.74, 6) is -0.675. The zero-order chi connectivity index (χ0) is 18.5. The number of hydrogen-bond acceptors (Lipinski definition) is 5. The second kappa shape index (κ2) is 6.13. The van der Waals surface area contributed by atoms with Crippen LogP contribution < -0.4 is 0 Å². The summed E-state index contributed by atoms with van der Waals surface area (Å²) in [5, 5.41) is 10.4. The first-order valence-electron chi connectivity index (χ1n) is 8.83. The largest absolute Gasteiger partial charge is 0.461 e. The first kappa shape index (κ1) is 17.9. The van der Waals surface area contributed by atoms with E-state index in [1.54, 1.807) is 6.26 Å². The van der Waals surface area contributed by atoms with Crippen molar-refractivity contribution in [2.24, 2.45) is 17.3 Å². The van der Waals surface area contributed by atoms with E-state index in [4.69, 9.17) is 9.15 Å². The molecule has 0 amide bonds. The molecule has 1 saturated carbocycles. The number of ether oxygens (including phenoxy) is 1. The van der Waals surface area contributed by atoms with Crippen molar-refractivity contribution in [2.75, 3.05) is 0 Å². The van der Waals surface area contributed by atoms with Gasteiger partial charge in [-0.2, -0.15) is 0 Å². The summed E-state index contributed by atoms with van der Waals surface area (Å²) in [7, 11) is 0. The van der Waals surface area contributed by atoms with Crippen LogP contribution in [0.2, 0.25) is 0 Å². The number of esters is 1. The average Bonchev–Trinajstić information content (AvgIpc) is 2.90. The number of rotatable bonds is 2. The van der Waals surface area contributed by atoms with E-state index >= 15 is 0 Å². The van der Waals surface area contributed by atoms with Gasteiger partial charge in [0.25, 0.3) is 0 Å². The fourth-order valence-electron chi connectivity index (χ4n) is 4.48. The van der Waals surface area contributed by atoms with E-state index in [0.29, 0.717) is 24.2 Å². The number of ketones is 1. The summed E-state index contributed by atoms with van der Waals surface area (Å²) < 4.78 is 11.4. The molecular weight excluding hydrogens is 320 g/mol. The molecule has 2 aliphatic rings. The Morgan fingerprint density at radius 1 is 1.40 bits per heavy atom. The maximum atomic E-state index is 13.0. The van der Waals surface area contributed by atoms with E-state index in [1.165, 1.54) is 6.08 Å². The first-order chi connectivity index (χ1) is 11.7. The van der Waals surface area contributed by atoms with Crippen LogP contribution in [0.5, 0.6) is 0 Å². The maximum absolute atomic E-state index is 13.0. The Bertz CT molecular complexity index is 739. The van der Waals surface area contributed by atoms with E-state index in [0.717, 1.165) is 11.1 Å². The highest BCUT2D eigenvalue weighted by Crippen LogP contribution is 2.59. The Kier molecular flexibility index (Phi) is 4.40. The Labute approximate surface area is 148 Å². The van der Waals surface area contributed by atoms with Gasteiger partial charge >= 0.3 is 5.97 Å². The number of fused-ring (bicyclic) bond motifs is 2. The Morgan fingerprint density at radius 2 is 2.08 bits per heavy atom. The third-order valence-electron chi connectivity index (χ3n) is 6.09. The number of allylic oxidation sites excluding steroid dienone is 1. The van der Waals surface area contributed by atoms with Crippen molar-refractivity contribution in [3.8, 4) is 0 Å². The summed E-state index contributed by atoms with van der Waals surface area (Å²) >= 11 is 0. The lowest BCUT2D eigenvalue weighted by molar-refractivity contribution is -0.167. The first-order valence-corrected chi connectivity index (χ1v) is 8.83. The van der Waals surface area contributed by atoms with Crippen molar-refractivity contribution in [1.82, 2.24) is 0 Å². The van der Waals surface area contributed by atoms with Crippen LogP contribution in [-0.2, 0) is 9.53 Å². The van der Waals surface area contributed by atoms with Crippen LogP contribution >= 0.6 is 0 Å². The maximum Gasteiger partial charge on any atom is 0.331 e. The van der Waals surface area contributed by atoms with Crippen LogP contribution in [0.1, 0.15) is 68.3 Å². The molecule has 1 aromatic heterocycles. The predicted octanol–water partition coefficient (Wildman–Crippen LogP) is 3.75. The Hall–Kier alpha value is -1.88. The van der Waals surface area contributed by atoms with Gasteiger partial charge in [-0.15, -0.1) is 0 Å². The van der Waals surface area contributed by atoms with Crippen molar-refractivity contribution >= 4 is 11.8 Å². The second-order valence-corrected chi connectivity index (χ2v) is 7.92. The summed E-state index contributed by atoms with van der Waals surface area (Å²) in [4.78, 5) is 25.4. The van der Waals surface area contributed by atoms with Gasteiger partial charge in [0.1, 0.15) is 6.10 Å². The van der Waals surface area contributed by atoms with Crippen LogP contribution in [0, 0.1) is 24.2 Å². The summed E-state index contributed by atoms with van der Waals surface area (Å²) in [5.41, 5.74) is 1.63. The van der Waals surface area contributed by atoms with E-state index in [1.807, 2.05) is 34.6 Å². The van der Waals surface area contributed by atoms with Crippen molar-refractivity contribution in [1.29, 1.82) is 0 Å². The molecule has 5 atom stereocenters. The van der Waals surface area contributed by atoms with Crippen LogP contribution in [0.25, 0.3) is 0 Å². The molecule has 1 fully saturated rings. The molecule has 0 aromatic carbocycles. The number of aliphatic hydroxyl groups is 1. The van der Waals surface area contributed by atoms with Crippen molar-refractivity contribution in [2.45, 2.75) is 59.7 Å². The molecule has 3 rings (SSSR count). The topological polar surface area (TPSA) is 76.7 Å². The van der Waals surface area contributed by atoms with Crippen molar-refractivity contribution < 1.29 is 23.8 Å². The van der Waals surface area contributed by atoms with Gasteiger partial charge in [-0.3, -0.25) is 4.79 Å². The minimum atomic E-state index is -0.665. The molecule has 0 aliphatic heterocycles. The Balaban J connectivity index is 2.14. The average molecular weight is 346 g/mol. The molecule has 25 heavy (non-hydrogen) atoms. The SMILES string of the molecule is CC(C)=CC(=O)OC1c2c(C)coc2C(=O)C2CCC(O)C(C)C21C. The lowest BCUT2D eigenvalue weighted by Crippen LogP contribution is -2.54. The number of Topliss-reactive ketones (excluding diaryl/α,β-unsaturated/α-hetero) is 1. The minimum absolute atomic E-state index is 0.0427. The third-order valence-corrected chi connectivity index (χ3v) is 6.09. The molecule has 5 heteroatoms. The van der Waals surface area contributed by atoms with Crippen LogP contribution in [0.15, 0.2) is 22.3 Å². The third kappa shape index (κ3) is 2.65. The van der Waals surface area contributed by atoms with E-state index in [-0.39, 0.29) is 17.6 Å². The van der Waals surface area contributed by atoms with E-state index in [9.17, 15) is 14.7 Å². The lowest BCUT2D eigenvalue weighted by Gasteiger charge is -2.53. The van der Waals surface area contributed by atoms with Gasteiger partial charge in [0.2, 0.25) is 5.78 Å². The molecule has 1 heterocycles. The van der Waals surface area contributed by atoms with Crippen LogP contribution in [0.4, 0.5) is 0 Å². The molecule has 1 aromatic rings. The predicted molar refractivity (Wildman–Crippen MR) is 92.0 cm³/mol. The number of carbonyl (C=O) groups is 2. The van der Waals surface area contributed by atoms with E-state index < -0.39 is 23.6 Å². The van der Waals surface area contributed by atoms with Gasteiger partial charge in [-0.1, -0.05) is 19.4 Å². The van der Waals surface area contributed by atoms with Crippen LogP contribution in [0.3, 0.4) is 0 Å². The summed E-state index contributed by atoms with van der Waals surface area (Å²) in [6.07, 6.45) is 3.00. The highest BCUT2D eigenvalue weighted by molar-refractivity contribution is 5.99. The molecule has 0 saturated heterocycles. The van der Waals surface area contributed by atoms with Gasteiger partial charge in [0, 0.05) is 23.0 Å². The number of carbonyl (C=O) groups excluding carboxylic acids is 2. The zero-order valence-corrected chi connectivity index (χ0v) is 15.5. The molecule has 1 N–H and O–H groups in total. The normalized spacial score (nSPS) is 34.1. The molecule has 0 bridgehead atoms. The summed E-state index contributed by atoms with van der Waals surface area (Å²) in [6, 6.07) is 0. The highest BCUT2D eigenvalue weighted by atomic mass is 16.5. The van der Waals surface area contributed by atoms with Gasteiger partial charge in [0.15, 0.2) is 5.76 Å². The molecule has 2 aliphatic carbocycles. The second-order valence-electron chi connectivity index (χ2n) is 7.92. The molecular formula is C20H26O5. The van der Waals surface area contributed by atoms with Gasteiger partial charge in [-0.25, -0.2) is 4.79 Å². The van der Waals surface area contributed by atoms with Crippen molar-refractivity contribution in [3.63, 3.8) is 0 Å². The van der Waals surface area contributed by atoms with Crippen LogP contribution in [-0.4, -0.2) is 23.0 Å². The lowest BCUT2D eigenvalue weighted by atomic mass is 9.53. The molecule has 5 unspecified atom stereocenters. The number of furan rings is 1. The van der Waals surface area contributed by atoms with Gasteiger partial charge in [-0.05, 0) is 45.1 Å². The molecule has 0 spiro atoms. The zero-order valence-electron chi connectivity index (χ0n) is 15.5. The molecule has 0 radical (unpaired) electrons. The molecule has 5 nitrogen and oxygen atoms in total. The quantitative estimate of drug-likeness (QED) is 0.652. The minimum Gasteiger partial charge on any atom is -0.461 e. The highest BCUT2D eigenvalue weighted by Gasteiger charge is 2.60. The molecule has 136 valence electrons. The van der Waals surface area contributed by atoms with Gasteiger partial charge in [0.05, 0.1) is 12.4 Å².